The molecule has 140 valence electrons. The van der Waals surface area contributed by atoms with Crippen LogP contribution in [0.5, 0.6) is 5.75 Å². The highest BCUT2D eigenvalue weighted by Gasteiger charge is 2.20. The first-order valence-electron chi connectivity index (χ1n) is 9.27. The van der Waals surface area contributed by atoms with E-state index in [9.17, 15) is 4.79 Å². The number of hydrogen-bond donors (Lipinski definition) is 1. The lowest BCUT2D eigenvalue weighted by molar-refractivity contribution is -0.122. The van der Waals surface area contributed by atoms with E-state index >= 15 is 0 Å². The molecular weight excluding hydrogens is 322 g/mol. The largest absolute Gasteiger partial charge is 0.481 e. The highest BCUT2D eigenvalue weighted by molar-refractivity contribution is 5.95. The smallest absolute Gasteiger partial charge is 0.265 e. The fraction of sp³-hybridized carbons (Fsp3) is 0.435. The monoisotopic (exact) mass is 353 g/mol. The van der Waals surface area contributed by atoms with Crippen molar-refractivity contribution in [3.05, 3.63) is 58.7 Å². The van der Waals surface area contributed by atoms with E-state index in [4.69, 9.17) is 4.74 Å². The molecule has 2 aromatic carbocycles. The van der Waals surface area contributed by atoms with Gasteiger partial charge in [0.2, 0.25) is 0 Å². The molecule has 0 aliphatic rings. The summed E-state index contributed by atoms with van der Waals surface area (Å²) in [5.41, 5.74) is 5.56. The number of carbonyl (C=O) groups excluding carboxylic acids is 1. The van der Waals surface area contributed by atoms with Crippen LogP contribution in [0.3, 0.4) is 0 Å². The van der Waals surface area contributed by atoms with Crippen LogP contribution in [0.15, 0.2) is 36.4 Å². The normalized spacial score (nSPS) is 12.6. The standard InChI is InChI=1S/C23H31NO2/c1-8-20(26-19-11-9-18(10-12-19)23(5,6)7)22(25)24-21-16(3)13-15(2)14-17(21)4/h9-14,20H,8H2,1-7H3,(H,24,25)/t20-/m1/s1. The van der Waals surface area contributed by atoms with Crippen molar-refractivity contribution in [2.75, 3.05) is 5.32 Å². The first kappa shape index (κ1) is 20.0. The van der Waals surface area contributed by atoms with Crippen LogP contribution in [0, 0.1) is 20.8 Å². The highest BCUT2D eigenvalue weighted by Crippen LogP contribution is 2.26. The van der Waals surface area contributed by atoms with Crippen LogP contribution < -0.4 is 10.1 Å². The molecule has 0 fully saturated rings. The minimum atomic E-state index is -0.518. The first-order valence-corrected chi connectivity index (χ1v) is 9.27. The zero-order valence-corrected chi connectivity index (χ0v) is 17.1. The first-order chi connectivity index (χ1) is 12.1. The minimum absolute atomic E-state index is 0.0978. The Morgan fingerprint density at radius 1 is 1.04 bits per heavy atom. The van der Waals surface area contributed by atoms with E-state index < -0.39 is 6.10 Å². The predicted molar refractivity (Wildman–Crippen MR) is 109 cm³/mol. The summed E-state index contributed by atoms with van der Waals surface area (Å²) in [7, 11) is 0. The Hall–Kier alpha value is -2.29. The number of nitrogens with one attached hydrogen (secondary N) is 1. The zero-order chi connectivity index (χ0) is 19.5. The van der Waals surface area contributed by atoms with Gasteiger partial charge in [-0.3, -0.25) is 4.79 Å². The summed E-state index contributed by atoms with van der Waals surface area (Å²) in [5, 5.41) is 3.05. The number of anilines is 1. The molecule has 2 rings (SSSR count). The summed E-state index contributed by atoms with van der Waals surface area (Å²) in [4.78, 5) is 12.7. The van der Waals surface area contributed by atoms with Crippen LogP contribution in [-0.2, 0) is 10.2 Å². The maximum absolute atomic E-state index is 12.7. The molecule has 1 N–H and O–H groups in total. The van der Waals surface area contributed by atoms with Gasteiger partial charge in [-0.05, 0) is 61.4 Å². The van der Waals surface area contributed by atoms with Crippen LogP contribution in [0.1, 0.15) is 56.4 Å². The molecule has 3 heteroatoms. The lowest BCUT2D eigenvalue weighted by atomic mass is 9.87. The number of amides is 1. The van der Waals surface area contributed by atoms with E-state index in [0.717, 1.165) is 22.6 Å². The van der Waals surface area contributed by atoms with Crippen molar-refractivity contribution in [2.45, 2.75) is 66.4 Å². The average Bonchev–Trinajstić information content (AvgIpc) is 2.55. The Labute approximate surface area is 157 Å². The van der Waals surface area contributed by atoms with Crippen molar-refractivity contribution in [3.8, 4) is 5.75 Å². The van der Waals surface area contributed by atoms with Gasteiger partial charge < -0.3 is 10.1 Å². The summed E-state index contributed by atoms with van der Waals surface area (Å²) in [6.07, 6.45) is 0.0900. The van der Waals surface area contributed by atoms with Crippen molar-refractivity contribution < 1.29 is 9.53 Å². The molecule has 0 heterocycles. The van der Waals surface area contributed by atoms with Gasteiger partial charge >= 0.3 is 0 Å². The van der Waals surface area contributed by atoms with Crippen LogP contribution in [-0.4, -0.2) is 12.0 Å². The molecule has 0 aliphatic carbocycles. The quantitative estimate of drug-likeness (QED) is 0.748. The van der Waals surface area contributed by atoms with Crippen molar-refractivity contribution >= 4 is 11.6 Å². The van der Waals surface area contributed by atoms with Gasteiger partial charge in [0.25, 0.3) is 5.91 Å². The predicted octanol–water partition coefficient (Wildman–Crippen LogP) is 5.71. The van der Waals surface area contributed by atoms with Crippen LogP contribution >= 0.6 is 0 Å². The SMILES string of the molecule is CC[C@@H](Oc1ccc(C(C)(C)C)cc1)C(=O)Nc1c(C)cc(C)cc1C. The van der Waals surface area contributed by atoms with Crippen LogP contribution in [0.4, 0.5) is 5.69 Å². The molecular formula is C23H31NO2. The second-order valence-corrected chi connectivity index (χ2v) is 8.05. The highest BCUT2D eigenvalue weighted by atomic mass is 16.5. The molecule has 1 amide bonds. The molecule has 0 saturated heterocycles. The molecule has 26 heavy (non-hydrogen) atoms. The van der Waals surface area contributed by atoms with Crippen molar-refractivity contribution in [2.24, 2.45) is 0 Å². The van der Waals surface area contributed by atoms with Gasteiger partial charge in [-0.2, -0.15) is 0 Å². The van der Waals surface area contributed by atoms with E-state index in [1.54, 1.807) is 0 Å². The van der Waals surface area contributed by atoms with Crippen LogP contribution in [0.25, 0.3) is 0 Å². The van der Waals surface area contributed by atoms with Crippen molar-refractivity contribution in [1.82, 2.24) is 0 Å². The number of hydrogen-bond acceptors (Lipinski definition) is 2. The number of benzene rings is 2. The third kappa shape index (κ3) is 4.87. The van der Waals surface area contributed by atoms with Crippen LogP contribution in [0.2, 0.25) is 0 Å². The molecule has 0 spiro atoms. The zero-order valence-electron chi connectivity index (χ0n) is 17.1. The van der Waals surface area contributed by atoms with Gasteiger partial charge in [0.15, 0.2) is 6.10 Å². The van der Waals surface area contributed by atoms with E-state index in [-0.39, 0.29) is 11.3 Å². The molecule has 0 aliphatic heterocycles. The average molecular weight is 354 g/mol. The fourth-order valence-corrected chi connectivity index (χ4v) is 3.10. The Morgan fingerprint density at radius 2 is 1.58 bits per heavy atom. The van der Waals surface area contributed by atoms with Gasteiger partial charge in [0.05, 0.1) is 0 Å². The summed E-state index contributed by atoms with van der Waals surface area (Å²) >= 11 is 0. The number of rotatable bonds is 5. The molecule has 0 radical (unpaired) electrons. The second kappa shape index (κ2) is 7.94. The van der Waals surface area contributed by atoms with E-state index in [1.807, 2.05) is 32.9 Å². The number of carbonyl (C=O) groups is 1. The summed E-state index contributed by atoms with van der Waals surface area (Å²) < 4.78 is 5.96. The van der Waals surface area contributed by atoms with Crippen molar-refractivity contribution in [3.63, 3.8) is 0 Å². The third-order valence-corrected chi connectivity index (χ3v) is 4.59. The van der Waals surface area contributed by atoms with Gasteiger partial charge in [0.1, 0.15) is 5.75 Å². The Balaban J connectivity index is 2.12. The Morgan fingerprint density at radius 3 is 2.04 bits per heavy atom. The molecule has 0 aromatic heterocycles. The molecule has 2 aromatic rings. The summed E-state index contributed by atoms with van der Waals surface area (Å²) in [5.74, 6) is 0.611. The van der Waals surface area contributed by atoms with E-state index in [1.165, 1.54) is 11.1 Å². The fourth-order valence-electron chi connectivity index (χ4n) is 3.10. The molecule has 0 saturated carbocycles. The number of aryl methyl sites for hydroxylation is 3. The van der Waals surface area contributed by atoms with E-state index in [2.05, 4.69) is 57.3 Å². The van der Waals surface area contributed by atoms with Gasteiger partial charge in [-0.1, -0.05) is 57.5 Å². The maximum atomic E-state index is 12.7. The lowest BCUT2D eigenvalue weighted by Crippen LogP contribution is -2.32. The van der Waals surface area contributed by atoms with Gasteiger partial charge in [-0.15, -0.1) is 0 Å². The number of ether oxygens (including phenoxy) is 1. The van der Waals surface area contributed by atoms with Crippen molar-refractivity contribution in [1.29, 1.82) is 0 Å². The summed E-state index contributed by atoms with van der Waals surface area (Å²) in [6.45, 7) is 14.6. The topological polar surface area (TPSA) is 38.3 Å². The molecule has 0 bridgehead atoms. The van der Waals surface area contributed by atoms with Gasteiger partial charge in [-0.25, -0.2) is 0 Å². The molecule has 0 unspecified atom stereocenters. The lowest BCUT2D eigenvalue weighted by Gasteiger charge is -2.21. The Kier molecular flexibility index (Phi) is 6.12. The van der Waals surface area contributed by atoms with Gasteiger partial charge in [0, 0.05) is 5.69 Å². The molecule has 3 nitrogen and oxygen atoms in total. The summed E-state index contributed by atoms with van der Waals surface area (Å²) in [6, 6.07) is 12.2. The second-order valence-electron chi connectivity index (χ2n) is 8.05. The van der Waals surface area contributed by atoms with E-state index in [0.29, 0.717) is 6.42 Å². The maximum Gasteiger partial charge on any atom is 0.265 e. The Bertz CT molecular complexity index is 747. The third-order valence-electron chi connectivity index (χ3n) is 4.59. The molecule has 1 atom stereocenters. The minimum Gasteiger partial charge on any atom is -0.481 e.